The Morgan fingerprint density at radius 3 is 2.36 bits per heavy atom. The first-order chi connectivity index (χ1) is 10.6. The number of ether oxygens (including phenoxy) is 2. The van der Waals surface area contributed by atoms with Crippen LogP contribution in [-0.4, -0.2) is 51.7 Å². The number of hydrogen-bond donors (Lipinski definition) is 2. The van der Waals surface area contributed by atoms with Crippen molar-refractivity contribution in [3.8, 4) is 0 Å². The van der Waals surface area contributed by atoms with Crippen molar-refractivity contribution in [2.75, 3.05) is 40.0 Å². The van der Waals surface area contributed by atoms with Crippen LogP contribution < -0.4 is 10.6 Å². The molecule has 0 atom stereocenters. The van der Waals surface area contributed by atoms with Crippen LogP contribution in [0.1, 0.15) is 22.8 Å². The molecule has 0 saturated carbocycles. The topological polar surface area (TPSA) is 76.7 Å². The summed E-state index contributed by atoms with van der Waals surface area (Å²) < 4.78 is 10.3. The predicted octanol–water partition coefficient (Wildman–Crippen LogP) is 0.758. The molecular weight excluding hydrogens is 284 g/mol. The second-order valence-electron chi connectivity index (χ2n) is 4.85. The van der Waals surface area contributed by atoms with Crippen molar-refractivity contribution in [2.24, 2.45) is 0 Å². The van der Waals surface area contributed by atoms with Crippen molar-refractivity contribution in [3.63, 3.8) is 0 Å². The maximum atomic E-state index is 11.9. The molecule has 22 heavy (non-hydrogen) atoms. The Bertz CT molecular complexity index is 460. The van der Waals surface area contributed by atoms with Gasteiger partial charge in [-0.2, -0.15) is 0 Å². The van der Waals surface area contributed by atoms with E-state index < -0.39 is 0 Å². The highest BCUT2D eigenvalue weighted by atomic mass is 16.5. The normalized spacial score (nSPS) is 10.5. The summed E-state index contributed by atoms with van der Waals surface area (Å²) in [5, 5.41) is 5.84. The summed E-state index contributed by atoms with van der Waals surface area (Å²) in [6.07, 6.45) is 0. The maximum absolute atomic E-state index is 11.9. The number of nitrogens with one attached hydrogen (secondary N) is 2. The van der Waals surface area contributed by atoms with E-state index in [1.165, 1.54) is 6.92 Å². The largest absolute Gasteiger partial charge is 0.377 e. The summed E-state index contributed by atoms with van der Waals surface area (Å²) >= 11 is 0. The minimum absolute atomic E-state index is 0.00648. The molecule has 1 aromatic carbocycles. The van der Waals surface area contributed by atoms with Gasteiger partial charge in [0, 0.05) is 18.7 Å². The van der Waals surface area contributed by atoms with Gasteiger partial charge in [0.1, 0.15) is 6.61 Å². The fourth-order valence-electron chi connectivity index (χ4n) is 1.75. The number of hydrogen-bond acceptors (Lipinski definition) is 5. The van der Waals surface area contributed by atoms with Gasteiger partial charge in [-0.05, 0) is 31.7 Å². The average Bonchev–Trinajstić information content (AvgIpc) is 2.50. The fraction of sp³-hybridized carbons (Fsp3) is 0.500. The molecule has 6 nitrogen and oxygen atoms in total. The quantitative estimate of drug-likeness (QED) is 0.590. The van der Waals surface area contributed by atoms with Crippen LogP contribution in [0.4, 0.5) is 0 Å². The molecule has 0 aliphatic heterocycles. The SMILES string of the molecule is CNCc1ccc(C(=O)NCCOCCOCC(C)=O)cc1. The predicted molar refractivity (Wildman–Crippen MR) is 83.9 cm³/mol. The number of ketones is 1. The number of benzene rings is 1. The van der Waals surface area contributed by atoms with E-state index in [1.54, 1.807) is 12.1 Å². The molecular formula is C16H24N2O4. The highest BCUT2D eigenvalue weighted by molar-refractivity contribution is 5.94. The number of Topliss-reactive ketones (excluding diaryl/α,β-unsaturated/α-hetero) is 1. The highest BCUT2D eigenvalue weighted by Gasteiger charge is 2.04. The molecule has 0 aliphatic carbocycles. The van der Waals surface area contributed by atoms with Crippen molar-refractivity contribution in [3.05, 3.63) is 35.4 Å². The zero-order valence-corrected chi connectivity index (χ0v) is 13.2. The van der Waals surface area contributed by atoms with Gasteiger partial charge in [0.15, 0.2) is 5.78 Å². The van der Waals surface area contributed by atoms with Crippen molar-refractivity contribution >= 4 is 11.7 Å². The van der Waals surface area contributed by atoms with Gasteiger partial charge in [-0.25, -0.2) is 0 Å². The Kier molecular flexibility index (Phi) is 9.06. The summed E-state index contributed by atoms with van der Waals surface area (Å²) in [6.45, 7) is 3.99. The molecule has 0 bridgehead atoms. The van der Waals surface area contributed by atoms with Crippen LogP contribution in [-0.2, 0) is 20.8 Å². The van der Waals surface area contributed by atoms with Gasteiger partial charge >= 0.3 is 0 Å². The lowest BCUT2D eigenvalue weighted by molar-refractivity contribution is -0.121. The standard InChI is InChI=1S/C16H24N2O4/c1-13(19)12-22-10-9-21-8-7-18-16(20)15-5-3-14(4-6-15)11-17-2/h3-6,17H,7-12H2,1-2H3,(H,18,20). The van der Waals surface area contributed by atoms with Gasteiger partial charge < -0.3 is 20.1 Å². The fourth-order valence-corrected chi connectivity index (χ4v) is 1.75. The van der Waals surface area contributed by atoms with Crippen molar-refractivity contribution < 1.29 is 19.1 Å². The number of amides is 1. The third-order valence-electron chi connectivity index (χ3n) is 2.81. The summed E-state index contributed by atoms with van der Waals surface area (Å²) in [6, 6.07) is 7.46. The van der Waals surface area contributed by atoms with Gasteiger partial charge in [-0.15, -0.1) is 0 Å². The average molecular weight is 308 g/mol. The first kappa shape index (κ1) is 18.3. The minimum atomic E-state index is -0.118. The highest BCUT2D eigenvalue weighted by Crippen LogP contribution is 2.04. The van der Waals surface area contributed by atoms with E-state index in [-0.39, 0.29) is 18.3 Å². The van der Waals surface area contributed by atoms with Gasteiger partial charge in [-0.1, -0.05) is 12.1 Å². The monoisotopic (exact) mass is 308 g/mol. The number of carbonyl (C=O) groups excluding carboxylic acids is 2. The van der Waals surface area contributed by atoms with Crippen molar-refractivity contribution in [2.45, 2.75) is 13.5 Å². The van der Waals surface area contributed by atoms with Gasteiger partial charge in [-0.3, -0.25) is 9.59 Å². The Balaban J connectivity index is 2.11. The lowest BCUT2D eigenvalue weighted by Gasteiger charge is -2.07. The van der Waals surface area contributed by atoms with Crippen LogP contribution in [0.5, 0.6) is 0 Å². The van der Waals surface area contributed by atoms with Gasteiger partial charge in [0.25, 0.3) is 5.91 Å². The third kappa shape index (κ3) is 7.87. The minimum Gasteiger partial charge on any atom is -0.377 e. The molecule has 0 aliphatic rings. The van der Waals surface area contributed by atoms with Gasteiger partial charge in [0.05, 0.1) is 19.8 Å². The molecule has 122 valence electrons. The second kappa shape index (κ2) is 10.9. The lowest BCUT2D eigenvalue weighted by atomic mass is 10.1. The molecule has 0 unspecified atom stereocenters. The summed E-state index contributed by atoms with van der Waals surface area (Å²) in [5.41, 5.74) is 1.76. The van der Waals surface area contributed by atoms with E-state index >= 15 is 0 Å². The Hall–Kier alpha value is -1.76. The smallest absolute Gasteiger partial charge is 0.251 e. The van der Waals surface area contributed by atoms with E-state index in [4.69, 9.17) is 9.47 Å². The molecule has 1 aromatic rings. The summed E-state index contributed by atoms with van der Waals surface area (Å²) in [5.74, 6) is -0.125. The molecule has 0 heterocycles. The number of rotatable bonds is 11. The molecule has 0 radical (unpaired) electrons. The lowest BCUT2D eigenvalue weighted by Crippen LogP contribution is -2.27. The number of carbonyl (C=O) groups is 2. The third-order valence-corrected chi connectivity index (χ3v) is 2.81. The van der Waals surface area contributed by atoms with Crippen LogP contribution in [0.2, 0.25) is 0 Å². The zero-order valence-electron chi connectivity index (χ0n) is 13.2. The summed E-state index contributed by atoms with van der Waals surface area (Å²) in [4.78, 5) is 22.5. The molecule has 1 amide bonds. The van der Waals surface area contributed by atoms with Crippen LogP contribution in [0.3, 0.4) is 0 Å². The van der Waals surface area contributed by atoms with Gasteiger partial charge in [0.2, 0.25) is 0 Å². The molecule has 0 fully saturated rings. The Morgan fingerprint density at radius 1 is 1.05 bits per heavy atom. The Morgan fingerprint density at radius 2 is 1.73 bits per heavy atom. The first-order valence-electron chi connectivity index (χ1n) is 7.30. The van der Waals surface area contributed by atoms with Crippen LogP contribution >= 0.6 is 0 Å². The molecule has 2 N–H and O–H groups in total. The maximum Gasteiger partial charge on any atom is 0.251 e. The second-order valence-corrected chi connectivity index (χ2v) is 4.85. The molecule has 0 aromatic heterocycles. The van der Waals surface area contributed by atoms with E-state index in [2.05, 4.69) is 10.6 Å². The van der Waals surface area contributed by atoms with E-state index in [9.17, 15) is 9.59 Å². The van der Waals surface area contributed by atoms with Crippen LogP contribution in [0.15, 0.2) is 24.3 Å². The zero-order chi connectivity index (χ0) is 16.2. The van der Waals surface area contributed by atoms with E-state index in [1.807, 2.05) is 19.2 Å². The molecule has 6 heteroatoms. The first-order valence-corrected chi connectivity index (χ1v) is 7.30. The van der Waals surface area contributed by atoms with Crippen LogP contribution in [0, 0.1) is 0 Å². The molecule has 1 rings (SSSR count). The van der Waals surface area contributed by atoms with E-state index in [0.29, 0.717) is 31.9 Å². The summed E-state index contributed by atoms with van der Waals surface area (Å²) in [7, 11) is 1.88. The van der Waals surface area contributed by atoms with Crippen molar-refractivity contribution in [1.29, 1.82) is 0 Å². The molecule has 0 saturated heterocycles. The van der Waals surface area contributed by atoms with E-state index in [0.717, 1.165) is 12.1 Å². The molecule has 0 spiro atoms. The van der Waals surface area contributed by atoms with Crippen LogP contribution in [0.25, 0.3) is 0 Å². The van der Waals surface area contributed by atoms with Crippen molar-refractivity contribution in [1.82, 2.24) is 10.6 Å². The Labute approximate surface area is 131 Å².